The van der Waals surface area contributed by atoms with E-state index in [4.69, 9.17) is 11.6 Å². The molecule has 3 heterocycles. The van der Waals surface area contributed by atoms with Gasteiger partial charge in [-0.2, -0.15) is 19.0 Å². The van der Waals surface area contributed by atoms with Crippen LogP contribution in [0.2, 0.25) is 5.02 Å². The monoisotopic (exact) mass is 853 g/mol. The summed E-state index contributed by atoms with van der Waals surface area (Å²) < 4.78 is 143. The molecule has 2 aromatic carbocycles. The third-order valence-electron chi connectivity index (χ3n) is 9.46. The molecular weight excluding hydrogens is 826 g/mol. The molecule has 1 fully saturated rings. The molecule has 304 valence electrons. The number of benzene rings is 2. The third-order valence-corrected chi connectivity index (χ3v) is 10.3. The number of amides is 1. The van der Waals surface area contributed by atoms with E-state index >= 15 is 8.78 Å². The summed E-state index contributed by atoms with van der Waals surface area (Å²) in [4.78, 5) is 18.3. The maximum Gasteiger partial charge on any atom is 0.293 e. The molecule has 0 radical (unpaired) electrons. The van der Waals surface area contributed by atoms with E-state index < -0.39 is 87.4 Å². The van der Waals surface area contributed by atoms with E-state index in [1.165, 1.54) is 36.0 Å². The van der Waals surface area contributed by atoms with E-state index in [1.807, 2.05) is 5.92 Å². The number of carbonyl (C=O) groups excluding carboxylic acids is 1. The van der Waals surface area contributed by atoms with Gasteiger partial charge in [-0.1, -0.05) is 23.6 Å². The predicted octanol–water partition coefficient (Wildman–Crippen LogP) is 6.96. The molecule has 1 unspecified atom stereocenters. The van der Waals surface area contributed by atoms with Crippen molar-refractivity contribution in [2.24, 2.45) is 13.0 Å². The van der Waals surface area contributed by atoms with Crippen LogP contribution in [0.25, 0.3) is 33.8 Å². The number of hydrogen-bond donors (Lipinski definition) is 3. The van der Waals surface area contributed by atoms with Crippen molar-refractivity contribution in [2.45, 2.75) is 50.2 Å². The SMILES string of the molecule is Cn1nc(NS(C)(=O)=O)c2c(Cl)ccc(-c3ccc(C#CC(C)(O)C(F)F)nc3/C(=C/c3cc(F)cc(F)c3)NC(=O)Cn3nc(C(F)F)c4c3C(F)(F)[C@@H]3C[C@H]43)c21. The van der Waals surface area contributed by atoms with Crippen molar-refractivity contribution in [3.63, 3.8) is 0 Å². The van der Waals surface area contributed by atoms with Gasteiger partial charge in [0.1, 0.15) is 35.3 Å². The maximum atomic E-state index is 15.4. The fraction of sp³-hybridized carbons (Fsp3) is 0.297. The maximum absolute atomic E-state index is 15.4. The van der Waals surface area contributed by atoms with Crippen molar-refractivity contribution in [3.05, 3.63) is 93.0 Å². The van der Waals surface area contributed by atoms with Gasteiger partial charge in [0.25, 0.3) is 18.8 Å². The Morgan fingerprint density at radius 1 is 1.10 bits per heavy atom. The van der Waals surface area contributed by atoms with E-state index in [1.54, 1.807) is 0 Å². The number of nitrogens with zero attached hydrogens (tertiary/aromatic N) is 5. The predicted molar refractivity (Wildman–Crippen MR) is 195 cm³/mol. The Labute approximate surface area is 328 Å². The van der Waals surface area contributed by atoms with Crippen LogP contribution in [-0.4, -0.2) is 62.3 Å². The standard InChI is InChI=1S/C37H28ClF8N7O4S/c1-36(55,35(43)44)9-8-19-4-5-20(21-6-7-24(38)28-31(21)52(2)50-34(28)51-58(3,56)57)29(47-19)25(12-16-10-17(39)13-18(40)11-16)48-26(54)15-53-32-27(30(49-53)33(41)42)22-14-23(22)37(32,45)46/h4-7,10-13,22-23,33,35,55H,14-15H2,1-3H3,(H,48,54)(H,50,51)/b25-12-/t22-,23+,36?/m0/s1. The van der Waals surface area contributed by atoms with Gasteiger partial charge in [0, 0.05) is 35.7 Å². The van der Waals surface area contributed by atoms with Crippen molar-refractivity contribution in [1.29, 1.82) is 0 Å². The van der Waals surface area contributed by atoms with Crippen molar-refractivity contribution < 1.29 is 53.4 Å². The molecule has 1 saturated carbocycles. The number of nitrogens with one attached hydrogen (secondary N) is 2. The third kappa shape index (κ3) is 7.60. The highest BCUT2D eigenvalue weighted by atomic mass is 35.5. The summed E-state index contributed by atoms with van der Waals surface area (Å²) >= 11 is 6.52. The molecule has 3 N–H and O–H groups in total. The average Bonchev–Trinajstić information content (AvgIpc) is 3.65. The minimum absolute atomic E-state index is 0.0322. The Bertz CT molecular complexity index is 2720. The highest BCUT2D eigenvalue weighted by Gasteiger charge is 2.67. The topological polar surface area (TPSA) is 144 Å². The fourth-order valence-electron chi connectivity index (χ4n) is 6.93. The molecule has 21 heteroatoms. The van der Waals surface area contributed by atoms with Gasteiger partial charge in [-0.05, 0) is 67.2 Å². The zero-order chi connectivity index (χ0) is 42.2. The second-order valence-corrected chi connectivity index (χ2v) is 16.1. The normalized spacial score (nSPS) is 18.2. The molecule has 2 aliphatic carbocycles. The second-order valence-electron chi connectivity index (χ2n) is 13.9. The largest absolute Gasteiger partial charge is 0.372 e. The Morgan fingerprint density at radius 2 is 1.78 bits per heavy atom. The van der Waals surface area contributed by atoms with Gasteiger partial charge in [-0.3, -0.25) is 18.9 Å². The summed E-state index contributed by atoms with van der Waals surface area (Å²) in [6.45, 7) is -0.296. The molecule has 0 saturated heterocycles. The zero-order valence-electron chi connectivity index (χ0n) is 30.1. The second kappa shape index (κ2) is 14.4. The van der Waals surface area contributed by atoms with Crippen molar-refractivity contribution >= 4 is 56.0 Å². The number of aliphatic hydroxyl groups is 1. The Balaban J connectivity index is 1.43. The Hall–Kier alpha value is -5.52. The Kier molecular flexibility index (Phi) is 10.1. The first-order valence-corrected chi connectivity index (χ1v) is 19.3. The quantitative estimate of drug-likeness (QED) is 0.102. The van der Waals surface area contributed by atoms with Gasteiger partial charge in [0.2, 0.25) is 15.9 Å². The van der Waals surface area contributed by atoms with Gasteiger partial charge in [0.15, 0.2) is 11.4 Å². The van der Waals surface area contributed by atoms with Crippen LogP contribution in [-0.2, 0) is 34.3 Å². The first-order chi connectivity index (χ1) is 27.1. The first kappa shape index (κ1) is 40.7. The van der Waals surface area contributed by atoms with Crippen LogP contribution >= 0.6 is 11.6 Å². The number of pyridine rings is 1. The van der Waals surface area contributed by atoms with Gasteiger partial charge in [-0.15, -0.1) is 0 Å². The molecular formula is C37H28ClF8N7O4S. The number of aromatic nitrogens is 5. The number of alkyl halides is 6. The van der Waals surface area contributed by atoms with Crippen molar-refractivity contribution in [3.8, 4) is 23.0 Å². The first-order valence-electron chi connectivity index (χ1n) is 17.0. The molecule has 3 atom stereocenters. The van der Waals surface area contributed by atoms with Crippen LogP contribution in [0.4, 0.5) is 40.9 Å². The number of hydrogen-bond acceptors (Lipinski definition) is 7. The molecule has 5 aromatic rings. The molecule has 58 heavy (non-hydrogen) atoms. The molecule has 0 bridgehead atoms. The number of halogens is 9. The van der Waals surface area contributed by atoms with Crippen LogP contribution < -0.4 is 10.0 Å². The lowest BCUT2D eigenvalue weighted by Gasteiger charge is -2.18. The van der Waals surface area contributed by atoms with E-state index in [9.17, 15) is 44.7 Å². The Morgan fingerprint density at radius 3 is 2.41 bits per heavy atom. The van der Waals surface area contributed by atoms with Gasteiger partial charge < -0.3 is 10.4 Å². The van der Waals surface area contributed by atoms with Gasteiger partial charge >= 0.3 is 0 Å². The number of rotatable bonds is 10. The van der Waals surface area contributed by atoms with E-state index in [2.05, 4.69) is 31.1 Å². The van der Waals surface area contributed by atoms with E-state index in [0.29, 0.717) is 10.7 Å². The minimum atomic E-state index is -3.90. The average molecular weight is 854 g/mol. The van der Waals surface area contributed by atoms with Crippen LogP contribution in [0.5, 0.6) is 0 Å². The van der Waals surface area contributed by atoms with Gasteiger partial charge in [0.05, 0.1) is 33.6 Å². The summed E-state index contributed by atoms with van der Waals surface area (Å²) in [5.41, 5.74) is -5.64. The molecule has 0 spiro atoms. The number of fused-ring (bicyclic) bond motifs is 4. The van der Waals surface area contributed by atoms with E-state index in [-0.39, 0.29) is 61.8 Å². The number of carbonyl (C=O) groups is 1. The van der Waals surface area contributed by atoms with Crippen LogP contribution in [0.3, 0.4) is 0 Å². The highest BCUT2D eigenvalue weighted by Crippen LogP contribution is 2.68. The molecule has 7 rings (SSSR count). The van der Waals surface area contributed by atoms with Crippen molar-refractivity contribution in [1.82, 2.24) is 29.9 Å². The smallest absolute Gasteiger partial charge is 0.293 e. The summed E-state index contributed by atoms with van der Waals surface area (Å²) in [6, 6.07) is 7.71. The minimum Gasteiger partial charge on any atom is -0.372 e. The molecule has 11 nitrogen and oxygen atoms in total. The van der Waals surface area contributed by atoms with Crippen LogP contribution in [0.1, 0.15) is 59.6 Å². The lowest BCUT2D eigenvalue weighted by atomic mass is 9.98. The summed E-state index contributed by atoms with van der Waals surface area (Å²) in [5, 5.41) is 20.6. The number of sulfonamides is 1. The molecule has 2 aliphatic rings. The highest BCUT2D eigenvalue weighted by molar-refractivity contribution is 7.92. The van der Waals surface area contributed by atoms with Crippen LogP contribution in [0.15, 0.2) is 42.5 Å². The molecule has 0 aliphatic heterocycles. The number of aryl methyl sites for hydroxylation is 1. The van der Waals surface area contributed by atoms with Crippen molar-refractivity contribution in [2.75, 3.05) is 11.0 Å². The van der Waals surface area contributed by atoms with Crippen LogP contribution in [0, 0.1) is 29.4 Å². The molecule has 1 amide bonds. The van der Waals surface area contributed by atoms with Gasteiger partial charge in [-0.25, -0.2) is 39.7 Å². The lowest BCUT2D eigenvalue weighted by molar-refractivity contribution is -0.121. The summed E-state index contributed by atoms with van der Waals surface area (Å²) in [7, 11) is -2.45. The number of anilines is 1. The molecule has 3 aromatic heterocycles. The zero-order valence-corrected chi connectivity index (χ0v) is 31.6. The summed E-state index contributed by atoms with van der Waals surface area (Å²) in [6.07, 6.45) is -4.66. The fourth-order valence-corrected chi connectivity index (χ4v) is 7.67. The van der Waals surface area contributed by atoms with E-state index in [0.717, 1.165) is 31.4 Å². The summed E-state index contributed by atoms with van der Waals surface area (Å²) in [5.74, 6) is -4.76. The lowest BCUT2D eigenvalue weighted by Crippen LogP contribution is -2.31.